The van der Waals surface area contributed by atoms with Gasteiger partial charge in [-0.3, -0.25) is 10.5 Å². The van der Waals surface area contributed by atoms with E-state index in [1.165, 1.54) is 0 Å². The molecular weight excluding hydrogens is 221 g/mol. The Morgan fingerprint density at radius 1 is 1.47 bits per heavy atom. The first-order chi connectivity index (χ1) is 7.26. The summed E-state index contributed by atoms with van der Waals surface area (Å²) in [5.41, 5.74) is 6.34. The van der Waals surface area contributed by atoms with Crippen LogP contribution in [-0.4, -0.2) is 12.7 Å². The maximum absolute atomic E-state index is 11.7. The van der Waals surface area contributed by atoms with Crippen molar-refractivity contribution in [3.8, 4) is 5.75 Å². The molecule has 1 aromatic carbocycles. The molecule has 1 atom stereocenters. The fourth-order valence-electron chi connectivity index (χ4n) is 1.07. The van der Waals surface area contributed by atoms with Gasteiger partial charge in [0.1, 0.15) is 5.75 Å². The average Bonchev–Trinajstić information content (AvgIpc) is 2.22. The number of rotatable bonds is 6. The number of nitrogens with two attached hydrogens (primary N) is 1. The SMILES string of the molecule is NC(Cc1ccc(OSF)cc1)OC=O. The molecule has 1 unspecified atom stereocenters. The van der Waals surface area contributed by atoms with E-state index >= 15 is 0 Å². The Balaban J connectivity index is 2.52. The molecule has 0 aliphatic rings. The van der Waals surface area contributed by atoms with Crippen molar-refractivity contribution in [1.82, 2.24) is 0 Å². The summed E-state index contributed by atoms with van der Waals surface area (Å²) < 4.78 is 20.8. The largest absolute Gasteiger partial charge is 0.449 e. The van der Waals surface area contributed by atoms with E-state index in [2.05, 4.69) is 8.92 Å². The number of halogens is 1. The molecule has 0 fully saturated rings. The van der Waals surface area contributed by atoms with E-state index in [9.17, 15) is 8.68 Å². The average molecular weight is 231 g/mol. The minimum atomic E-state index is -0.662. The third kappa shape index (κ3) is 4.18. The van der Waals surface area contributed by atoms with Gasteiger partial charge in [0.25, 0.3) is 18.9 Å². The Bertz CT molecular complexity index is 307. The van der Waals surface area contributed by atoms with E-state index in [0.717, 1.165) is 5.56 Å². The van der Waals surface area contributed by atoms with Crippen molar-refractivity contribution >= 4 is 18.9 Å². The molecule has 0 heterocycles. The number of hydrogen-bond donors (Lipinski definition) is 1. The van der Waals surface area contributed by atoms with Gasteiger partial charge >= 0.3 is 0 Å². The molecule has 15 heavy (non-hydrogen) atoms. The highest BCUT2D eigenvalue weighted by Gasteiger charge is 2.04. The second-order valence-corrected chi connectivity index (χ2v) is 3.06. The van der Waals surface area contributed by atoms with Crippen LogP contribution in [0, 0.1) is 0 Å². The van der Waals surface area contributed by atoms with Crippen LogP contribution in [0.1, 0.15) is 5.56 Å². The number of benzene rings is 1. The van der Waals surface area contributed by atoms with Crippen molar-refractivity contribution in [2.75, 3.05) is 0 Å². The van der Waals surface area contributed by atoms with E-state index in [1.807, 2.05) is 0 Å². The van der Waals surface area contributed by atoms with E-state index in [4.69, 9.17) is 5.73 Å². The summed E-state index contributed by atoms with van der Waals surface area (Å²) in [6.07, 6.45) is -0.258. The lowest BCUT2D eigenvalue weighted by Crippen LogP contribution is -2.25. The van der Waals surface area contributed by atoms with Crippen LogP contribution in [-0.2, 0) is 16.0 Å². The van der Waals surface area contributed by atoms with Gasteiger partial charge in [-0.25, -0.2) is 0 Å². The van der Waals surface area contributed by atoms with Gasteiger partial charge in [-0.2, -0.15) is 0 Å². The smallest absolute Gasteiger partial charge is 0.294 e. The minimum absolute atomic E-state index is 0.213. The zero-order valence-electron chi connectivity index (χ0n) is 7.76. The van der Waals surface area contributed by atoms with Gasteiger partial charge in [-0.1, -0.05) is 12.1 Å². The van der Waals surface area contributed by atoms with Gasteiger partial charge in [0.2, 0.25) is 0 Å². The first-order valence-corrected chi connectivity index (χ1v) is 4.79. The van der Waals surface area contributed by atoms with Crippen LogP contribution in [0.4, 0.5) is 3.89 Å². The molecule has 0 radical (unpaired) electrons. The molecule has 1 aromatic rings. The summed E-state index contributed by atoms with van der Waals surface area (Å²) in [5, 5.41) is 0. The zero-order chi connectivity index (χ0) is 11.1. The third-order valence-electron chi connectivity index (χ3n) is 1.72. The topological polar surface area (TPSA) is 61.6 Å². The molecule has 0 bridgehead atoms. The standard InChI is InChI=1S/C9H10FNO3S/c10-15-14-8-3-1-7(2-4-8)5-9(11)13-6-12/h1-4,6,9H,5,11H2. The highest BCUT2D eigenvalue weighted by molar-refractivity contribution is 7.89. The lowest BCUT2D eigenvalue weighted by Gasteiger charge is -2.09. The molecule has 0 aliphatic carbocycles. The second-order valence-electron chi connectivity index (χ2n) is 2.77. The minimum Gasteiger partial charge on any atom is -0.449 e. The number of carbonyl (C=O) groups excluding carboxylic acids is 1. The summed E-state index contributed by atoms with van der Waals surface area (Å²) >= 11 is -0.213. The molecule has 1 rings (SSSR count). The van der Waals surface area contributed by atoms with Crippen LogP contribution in [0.25, 0.3) is 0 Å². The quantitative estimate of drug-likeness (QED) is 0.457. The second kappa shape index (κ2) is 6.26. The Morgan fingerprint density at radius 3 is 2.67 bits per heavy atom. The summed E-state index contributed by atoms with van der Waals surface area (Å²) in [6.45, 7) is 0.307. The van der Waals surface area contributed by atoms with Crippen molar-refractivity contribution in [3.63, 3.8) is 0 Å². The fraction of sp³-hybridized carbons (Fsp3) is 0.222. The predicted molar refractivity (Wildman–Crippen MR) is 54.6 cm³/mol. The normalized spacial score (nSPS) is 11.9. The van der Waals surface area contributed by atoms with Crippen molar-refractivity contribution in [2.24, 2.45) is 5.73 Å². The van der Waals surface area contributed by atoms with E-state index in [1.54, 1.807) is 24.3 Å². The fourth-order valence-corrected chi connectivity index (χ4v) is 1.25. The highest BCUT2D eigenvalue weighted by atomic mass is 32.2. The van der Waals surface area contributed by atoms with Crippen LogP contribution < -0.4 is 9.92 Å². The highest BCUT2D eigenvalue weighted by Crippen LogP contribution is 2.18. The van der Waals surface area contributed by atoms with E-state index in [0.29, 0.717) is 18.6 Å². The lowest BCUT2D eigenvalue weighted by atomic mass is 10.1. The Morgan fingerprint density at radius 2 is 2.13 bits per heavy atom. The van der Waals surface area contributed by atoms with Crippen LogP contribution >= 0.6 is 12.4 Å². The van der Waals surface area contributed by atoms with Crippen LogP contribution in [0.15, 0.2) is 24.3 Å². The molecule has 2 N–H and O–H groups in total. The number of ether oxygens (including phenoxy) is 1. The molecule has 0 aliphatic heterocycles. The van der Waals surface area contributed by atoms with Crippen molar-refractivity contribution in [3.05, 3.63) is 29.8 Å². The van der Waals surface area contributed by atoms with Gasteiger partial charge in [-0.15, -0.1) is 3.89 Å². The maximum atomic E-state index is 11.7. The lowest BCUT2D eigenvalue weighted by molar-refractivity contribution is -0.133. The molecule has 0 amide bonds. The van der Waals surface area contributed by atoms with Crippen molar-refractivity contribution in [2.45, 2.75) is 12.6 Å². The molecule has 4 nitrogen and oxygen atoms in total. The number of carbonyl (C=O) groups is 1. The van der Waals surface area contributed by atoms with E-state index < -0.39 is 6.23 Å². The van der Waals surface area contributed by atoms with Crippen LogP contribution in [0.3, 0.4) is 0 Å². The summed E-state index contributed by atoms with van der Waals surface area (Å²) in [7, 11) is 0. The van der Waals surface area contributed by atoms with Gasteiger partial charge in [0, 0.05) is 6.42 Å². The predicted octanol–water partition coefficient (Wildman–Crippen LogP) is 1.60. The van der Waals surface area contributed by atoms with Crippen molar-refractivity contribution in [1.29, 1.82) is 0 Å². The Labute approximate surface area is 91.0 Å². The van der Waals surface area contributed by atoms with Crippen LogP contribution in [0.5, 0.6) is 5.75 Å². The van der Waals surface area contributed by atoms with Gasteiger partial charge in [0.05, 0.1) is 0 Å². The summed E-state index contributed by atoms with van der Waals surface area (Å²) in [6, 6.07) is 6.66. The van der Waals surface area contributed by atoms with Gasteiger partial charge in [-0.05, 0) is 17.7 Å². The van der Waals surface area contributed by atoms with Gasteiger partial charge in [0.15, 0.2) is 6.23 Å². The third-order valence-corrected chi connectivity index (χ3v) is 1.97. The molecule has 0 spiro atoms. The first kappa shape index (κ1) is 11.8. The van der Waals surface area contributed by atoms with Crippen LogP contribution in [0.2, 0.25) is 0 Å². The van der Waals surface area contributed by atoms with Gasteiger partial charge < -0.3 is 8.92 Å². The van der Waals surface area contributed by atoms with Crippen molar-refractivity contribution < 1.29 is 17.6 Å². The molecule has 0 saturated heterocycles. The molecule has 0 saturated carbocycles. The summed E-state index contributed by atoms with van der Waals surface area (Å²) in [5.74, 6) is 0.413. The zero-order valence-corrected chi connectivity index (χ0v) is 8.58. The Kier molecular flexibility index (Phi) is 4.92. The van der Waals surface area contributed by atoms with E-state index in [-0.39, 0.29) is 12.4 Å². The summed E-state index contributed by atoms with van der Waals surface area (Å²) in [4.78, 5) is 9.98. The molecule has 6 heteroatoms. The monoisotopic (exact) mass is 231 g/mol. The Hall–Kier alpha value is -1.27. The first-order valence-electron chi connectivity index (χ1n) is 4.15. The molecule has 82 valence electrons. The molecular formula is C9H10FNO3S. The maximum Gasteiger partial charge on any atom is 0.294 e. The molecule has 0 aromatic heterocycles. The number of hydrogen-bond acceptors (Lipinski definition) is 5.